The van der Waals surface area contributed by atoms with Crippen LogP contribution in [-0.4, -0.2) is 17.1 Å². The van der Waals surface area contributed by atoms with Gasteiger partial charge in [-0.15, -0.1) is 0 Å². The number of benzene rings is 2. The first-order chi connectivity index (χ1) is 12.7. The van der Waals surface area contributed by atoms with Gasteiger partial charge in [0.25, 0.3) is 0 Å². The molecule has 3 nitrogen and oxygen atoms in total. The van der Waals surface area contributed by atoms with Crippen LogP contribution in [0.15, 0.2) is 42.5 Å². The van der Waals surface area contributed by atoms with Crippen molar-refractivity contribution in [1.29, 1.82) is 0 Å². The van der Waals surface area contributed by atoms with E-state index in [9.17, 15) is 4.79 Å². The van der Waals surface area contributed by atoms with E-state index < -0.39 is 0 Å². The third-order valence-corrected chi connectivity index (χ3v) is 5.31. The zero-order valence-corrected chi connectivity index (χ0v) is 17.2. The van der Waals surface area contributed by atoms with Crippen molar-refractivity contribution in [1.82, 2.24) is 4.57 Å². The van der Waals surface area contributed by atoms with Gasteiger partial charge in [0, 0.05) is 23.1 Å². The summed E-state index contributed by atoms with van der Waals surface area (Å²) in [5, 5.41) is 1.12. The lowest BCUT2D eigenvalue weighted by Gasteiger charge is -2.19. The van der Waals surface area contributed by atoms with Gasteiger partial charge in [0.2, 0.25) is 0 Å². The molecule has 0 spiro atoms. The van der Waals surface area contributed by atoms with Crippen molar-refractivity contribution in [2.75, 3.05) is 6.61 Å². The first-order valence-corrected chi connectivity index (χ1v) is 9.58. The number of carbonyl (C=O) groups excluding carboxylic acids is 1. The SMILES string of the molecule is CCOC(=O)c1ccc2c(c1)c(C)c(C)n2Cc1ccc(C(C)(C)C)cc1. The molecule has 0 saturated carbocycles. The molecule has 0 aliphatic carbocycles. The molecule has 0 radical (unpaired) electrons. The van der Waals surface area contributed by atoms with Gasteiger partial charge >= 0.3 is 5.97 Å². The van der Waals surface area contributed by atoms with Gasteiger partial charge in [-0.25, -0.2) is 4.79 Å². The molecule has 1 aromatic heterocycles. The van der Waals surface area contributed by atoms with E-state index in [-0.39, 0.29) is 11.4 Å². The summed E-state index contributed by atoms with van der Waals surface area (Å²) in [6, 6.07) is 14.7. The van der Waals surface area contributed by atoms with E-state index in [0.29, 0.717) is 12.2 Å². The minimum atomic E-state index is -0.262. The van der Waals surface area contributed by atoms with E-state index in [4.69, 9.17) is 4.74 Å². The Labute approximate surface area is 162 Å². The molecule has 0 aliphatic rings. The highest BCUT2D eigenvalue weighted by Crippen LogP contribution is 2.28. The van der Waals surface area contributed by atoms with E-state index in [1.165, 1.54) is 22.4 Å². The lowest BCUT2D eigenvalue weighted by Crippen LogP contribution is -2.11. The Morgan fingerprint density at radius 2 is 1.70 bits per heavy atom. The van der Waals surface area contributed by atoms with Crippen molar-refractivity contribution >= 4 is 16.9 Å². The third-order valence-electron chi connectivity index (χ3n) is 5.31. The summed E-state index contributed by atoms with van der Waals surface area (Å²) in [6.45, 7) is 14.0. The van der Waals surface area contributed by atoms with E-state index in [0.717, 1.165) is 17.4 Å². The molecule has 3 rings (SSSR count). The third kappa shape index (κ3) is 3.78. The van der Waals surface area contributed by atoms with Crippen LogP contribution in [0.5, 0.6) is 0 Å². The average molecular weight is 364 g/mol. The monoisotopic (exact) mass is 363 g/mol. The second-order valence-electron chi connectivity index (χ2n) is 8.20. The summed E-state index contributed by atoms with van der Waals surface area (Å²) in [5.41, 5.74) is 6.98. The van der Waals surface area contributed by atoms with E-state index in [1.54, 1.807) is 0 Å². The summed E-state index contributed by atoms with van der Waals surface area (Å²) in [4.78, 5) is 12.1. The quantitative estimate of drug-likeness (QED) is 0.550. The maximum Gasteiger partial charge on any atom is 0.338 e. The number of hydrogen-bond donors (Lipinski definition) is 0. The minimum Gasteiger partial charge on any atom is -0.462 e. The Kier molecular flexibility index (Phi) is 5.14. The van der Waals surface area contributed by atoms with Gasteiger partial charge < -0.3 is 9.30 Å². The van der Waals surface area contributed by atoms with Crippen molar-refractivity contribution in [2.24, 2.45) is 0 Å². The fraction of sp³-hybridized carbons (Fsp3) is 0.375. The molecule has 0 aliphatic heterocycles. The molecule has 0 saturated heterocycles. The summed E-state index contributed by atoms with van der Waals surface area (Å²) >= 11 is 0. The Morgan fingerprint density at radius 1 is 1.04 bits per heavy atom. The zero-order valence-electron chi connectivity index (χ0n) is 17.2. The maximum absolute atomic E-state index is 12.1. The van der Waals surface area contributed by atoms with Crippen LogP contribution in [0.2, 0.25) is 0 Å². The van der Waals surface area contributed by atoms with Crippen molar-refractivity contribution < 1.29 is 9.53 Å². The van der Waals surface area contributed by atoms with Gasteiger partial charge in [-0.2, -0.15) is 0 Å². The largest absolute Gasteiger partial charge is 0.462 e. The van der Waals surface area contributed by atoms with Crippen molar-refractivity contribution in [3.63, 3.8) is 0 Å². The predicted molar refractivity (Wildman–Crippen MR) is 112 cm³/mol. The summed E-state index contributed by atoms with van der Waals surface area (Å²) < 4.78 is 7.47. The molecule has 0 N–H and O–H groups in total. The molecule has 0 fully saturated rings. The molecule has 3 aromatic rings. The van der Waals surface area contributed by atoms with Crippen LogP contribution in [0.1, 0.15) is 60.4 Å². The first-order valence-electron chi connectivity index (χ1n) is 9.58. The van der Waals surface area contributed by atoms with E-state index >= 15 is 0 Å². The molecular weight excluding hydrogens is 334 g/mol. The number of ether oxygens (including phenoxy) is 1. The molecule has 0 atom stereocenters. The number of hydrogen-bond acceptors (Lipinski definition) is 2. The lowest BCUT2D eigenvalue weighted by atomic mass is 9.87. The zero-order chi connectivity index (χ0) is 19.8. The Hall–Kier alpha value is -2.55. The van der Waals surface area contributed by atoms with Crippen molar-refractivity contribution in [2.45, 2.75) is 53.5 Å². The van der Waals surface area contributed by atoms with Crippen LogP contribution in [0, 0.1) is 13.8 Å². The fourth-order valence-electron chi connectivity index (χ4n) is 3.49. The Morgan fingerprint density at radius 3 is 2.30 bits per heavy atom. The number of rotatable bonds is 4. The van der Waals surface area contributed by atoms with E-state index in [1.807, 2.05) is 25.1 Å². The lowest BCUT2D eigenvalue weighted by molar-refractivity contribution is 0.0526. The highest BCUT2D eigenvalue weighted by molar-refractivity contribution is 5.96. The van der Waals surface area contributed by atoms with E-state index in [2.05, 4.69) is 63.5 Å². The smallest absolute Gasteiger partial charge is 0.338 e. The normalized spacial score (nSPS) is 11.8. The highest BCUT2D eigenvalue weighted by atomic mass is 16.5. The predicted octanol–water partition coefficient (Wildman–Crippen LogP) is 5.78. The molecule has 27 heavy (non-hydrogen) atoms. The molecule has 3 heteroatoms. The summed E-state index contributed by atoms with van der Waals surface area (Å²) in [6.07, 6.45) is 0. The maximum atomic E-state index is 12.1. The summed E-state index contributed by atoms with van der Waals surface area (Å²) in [7, 11) is 0. The summed E-state index contributed by atoms with van der Waals surface area (Å²) in [5.74, 6) is -0.262. The van der Waals surface area contributed by atoms with Gasteiger partial charge in [0.15, 0.2) is 0 Å². The van der Waals surface area contributed by atoms with Gasteiger partial charge in [0.1, 0.15) is 0 Å². The van der Waals surface area contributed by atoms with Crippen LogP contribution in [-0.2, 0) is 16.7 Å². The second kappa shape index (κ2) is 7.22. The second-order valence-corrected chi connectivity index (χ2v) is 8.20. The first kappa shape index (κ1) is 19.2. The van der Waals surface area contributed by atoms with Gasteiger partial charge in [-0.1, -0.05) is 45.0 Å². The fourth-order valence-corrected chi connectivity index (χ4v) is 3.49. The highest BCUT2D eigenvalue weighted by Gasteiger charge is 2.16. The van der Waals surface area contributed by atoms with Crippen LogP contribution in [0.3, 0.4) is 0 Å². The molecule has 1 heterocycles. The van der Waals surface area contributed by atoms with Crippen LogP contribution in [0.4, 0.5) is 0 Å². The average Bonchev–Trinajstić information content (AvgIpc) is 2.86. The standard InChI is InChI=1S/C24H29NO2/c1-7-27-23(26)19-10-13-22-21(14-19)16(2)17(3)25(22)15-18-8-11-20(12-9-18)24(4,5)6/h8-14H,7,15H2,1-6H3. The number of esters is 1. The Bertz CT molecular complexity index is 972. The Balaban J connectivity index is 1.97. The molecule has 2 aromatic carbocycles. The number of carbonyl (C=O) groups is 1. The molecule has 0 amide bonds. The molecule has 0 bridgehead atoms. The number of aryl methyl sites for hydroxylation is 1. The molecule has 142 valence electrons. The van der Waals surface area contributed by atoms with Crippen LogP contribution in [0.25, 0.3) is 10.9 Å². The molecule has 0 unspecified atom stereocenters. The van der Waals surface area contributed by atoms with Gasteiger partial charge in [-0.3, -0.25) is 0 Å². The van der Waals surface area contributed by atoms with Crippen LogP contribution < -0.4 is 0 Å². The number of aromatic nitrogens is 1. The topological polar surface area (TPSA) is 31.2 Å². The molecular formula is C24H29NO2. The number of nitrogens with zero attached hydrogens (tertiary/aromatic N) is 1. The minimum absolute atomic E-state index is 0.161. The van der Waals surface area contributed by atoms with Crippen LogP contribution >= 0.6 is 0 Å². The van der Waals surface area contributed by atoms with Gasteiger partial charge in [0.05, 0.1) is 12.2 Å². The van der Waals surface area contributed by atoms with Crippen molar-refractivity contribution in [3.8, 4) is 0 Å². The van der Waals surface area contributed by atoms with Gasteiger partial charge in [-0.05, 0) is 61.1 Å². The van der Waals surface area contributed by atoms with Crippen molar-refractivity contribution in [3.05, 3.63) is 70.4 Å². The number of fused-ring (bicyclic) bond motifs is 1.